The predicted molar refractivity (Wildman–Crippen MR) is 70.7 cm³/mol. The Bertz CT molecular complexity index is 570. The minimum absolute atomic E-state index is 0.118. The monoisotopic (exact) mass is 261 g/mol. The first-order chi connectivity index (χ1) is 9.11. The van der Waals surface area contributed by atoms with Crippen LogP contribution in [0.1, 0.15) is 30.9 Å². The lowest BCUT2D eigenvalue weighted by atomic mass is 10.0. The van der Waals surface area contributed by atoms with E-state index >= 15 is 0 Å². The van der Waals surface area contributed by atoms with Crippen LogP contribution in [0.25, 0.3) is 0 Å². The fourth-order valence-corrected chi connectivity index (χ4v) is 1.70. The highest BCUT2D eigenvalue weighted by atomic mass is 19.1. The normalized spacial score (nSPS) is 10.8. The average molecular weight is 261 g/mol. The molecule has 0 saturated carbocycles. The van der Waals surface area contributed by atoms with Gasteiger partial charge in [-0.15, -0.1) is 0 Å². The molecule has 3 nitrogen and oxygen atoms in total. The molecule has 0 saturated heterocycles. The van der Waals surface area contributed by atoms with Gasteiger partial charge in [-0.05, 0) is 29.7 Å². The van der Waals surface area contributed by atoms with Crippen molar-refractivity contribution in [1.29, 1.82) is 0 Å². The number of aromatic nitrogens is 1. The summed E-state index contributed by atoms with van der Waals surface area (Å²) in [6, 6.07) is 8.88. The highest BCUT2D eigenvalue weighted by Crippen LogP contribution is 2.26. The van der Waals surface area contributed by atoms with E-state index < -0.39 is 5.82 Å². The summed E-state index contributed by atoms with van der Waals surface area (Å²) in [6.45, 7) is 3.77. The summed E-state index contributed by atoms with van der Waals surface area (Å²) in [7, 11) is 0. The van der Waals surface area contributed by atoms with Crippen molar-refractivity contribution >= 4 is 0 Å². The Morgan fingerprint density at radius 1 is 1.32 bits per heavy atom. The van der Waals surface area contributed by atoms with Crippen LogP contribution in [0, 0.1) is 5.82 Å². The zero-order chi connectivity index (χ0) is 13.8. The second-order valence-corrected chi connectivity index (χ2v) is 4.58. The molecule has 0 bridgehead atoms. The van der Waals surface area contributed by atoms with Gasteiger partial charge in [0.15, 0.2) is 5.82 Å². The molecule has 0 atom stereocenters. The van der Waals surface area contributed by atoms with Crippen molar-refractivity contribution in [2.75, 3.05) is 0 Å². The summed E-state index contributed by atoms with van der Waals surface area (Å²) in [4.78, 5) is 3.85. The zero-order valence-corrected chi connectivity index (χ0v) is 10.9. The summed E-state index contributed by atoms with van der Waals surface area (Å²) in [5, 5.41) is 9.00. The van der Waals surface area contributed by atoms with Crippen LogP contribution in [0.2, 0.25) is 0 Å². The van der Waals surface area contributed by atoms with Crippen LogP contribution >= 0.6 is 0 Å². The second kappa shape index (κ2) is 5.80. The Morgan fingerprint density at radius 3 is 2.79 bits per heavy atom. The molecule has 2 rings (SSSR count). The van der Waals surface area contributed by atoms with Crippen molar-refractivity contribution in [1.82, 2.24) is 4.98 Å². The van der Waals surface area contributed by atoms with E-state index in [0.29, 0.717) is 11.7 Å². The molecule has 1 aromatic carbocycles. The summed E-state index contributed by atoms with van der Waals surface area (Å²) < 4.78 is 19.3. The quantitative estimate of drug-likeness (QED) is 0.913. The van der Waals surface area contributed by atoms with Gasteiger partial charge in [0.25, 0.3) is 5.88 Å². The summed E-state index contributed by atoms with van der Waals surface area (Å²) in [6.07, 6.45) is 1.41. The topological polar surface area (TPSA) is 42.4 Å². The third-order valence-electron chi connectivity index (χ3n) is 2.85. The molecule has 2 aromatic rings. The summed E-state index contributed by atoms with van der Waals surface area (Å²) in [5.41, 5.74) is 1.28. The van der Waals surface area contributed by atoms with Gasteiger partial charge < -0.3 is 9.84 Å². The maximum atomic E-state index is 13.9. The van der Waals surface area contributed by atoms with Gasteiger partial charge in [0.05, 0.1) is 6.61 Å². The zero-order valence-electron chi connectivity index (χ0n) is 10.9. The van der Waals surface area contributed by atoms with Gasteiger partial charge in [-0.3, -0.25) is 0 Å². The van der Waals surface area contributed by atoms with Crippen molar-refractivity contribution in [3.8, 4) is 11.6 Å². The molecule has 0 aliphatic heterocycles. The lowest BCUT2D eigenvalue weighted by Crippen LogP contribution is -1.97. The van der Waals surface area contributed by atoms with E-state index in [1.54, 1.807) is 6.07 Å². The highest BCUT2D eigenvalue weighted by molar-refractivity contribution is 5.34. The molecule has 4 heteroatoms. The van der Waals surface area contributed by atoms with Crippen molar-refractivity contribution in [2.24, 2.45) is 0 Å². The number of rotatable bonds is 4. The Morgan fingerprint density at radius 2 is 2.11 bits per heavy atom. The third-order valence-corrected chi connectivity index (χ3v) is 2.85. The number of hydrogen-bond donors (Lipinski definition) is 1. The van der Waals surface area contributed by atoms with Gasteiger partial charge in [-0.25, -0.2) is 9.37 Å². The summed E-state index contributed by atoms with van der Waals surface area (Å²) in [5.74, 6) is 0.158. The Kier molecular flexibility index (Phi) is 4.12. The fraction of sp³-hybridized carbons (Fsp3) is 0.267. The molecule has 19 heavy (non-hydrogen) atoms. The standard InChI is InChI=1S/C15H16FNO2/c1-10(2)11-4-3-5-13(8-11)19-15-14(16)12(9-18)6-7-17-15/h3-8,10,18H,9H2,1-2H3. The summed E-state index contributed by atoms with van der Waals surface area (Å²) >= 11 is 0. The third kappa shape index (κ3) is 3.09. The molecule has 0 radical (unpaired) electrons. The molecule has 1 aromatic heterocycles. The van der Waals surface area contributed by atoms with Crippen LogP contribution in [0.5, 0.6) is 11.6 Å². The first-order valence-electron chi connectivity index (χ1n) is 6.14. The van der Waals surface area contributed by atoms with E-state index in [2.05, 4.69) is 18.8 Å². The Balaban J connectivity index is 2.28. The van der Waals surface area contributed by atoms with Gasteiger partial charge in [0.2, 0.25) is 0 Å². The molecule has 0 unspecified atom stereocenters. The van der Waals surface area contributed by atoms with E-state index in [4.69, 9.17) is 9.84 Å². The van der Waals surface area contributed by atoms with E-state index in [9.17, 15) is 4.39 Å². The van der Waals surface area contributed by atoms with Gasteiger partial charge in [-0.2, -0.15) is 0 Å². The van der Waals surface area contributed by atoms with Crippen LogP contribution in [-0.2, 0) is 6.61 Å². The molecule has 0 aliphatic rings. The predicted octanol–water partition coefficient (Wildman–Crippen LogP) is 3.63. The minimum Gasteiger partial charge on any atom is -0.436 e. The van der Waals surface area contributed by atoms with Gasteiger partial charge in [0, 0.05) is 11.8 Å². The fourth-order valence-electron chi connectivity index (χ4n) is 1.70. The first-order valence-corrected chi connectivity index (χ1v) is 6.14. The van der Waals surface area contributed by atoms with E-state index in [-0.39, 0.29) is 18.1 Å². The van der Waals surface area contributed by atoms with E-state index in [1.807, 2.05) is 18.2 Å². The lowest BCUT2D eigenvalue weighted by molar-refractivity contribution is 0.273. The first kappa shape index (κ1) is 13.5. The van der Waals surface area contributed by atoms with Gasteiger partial charge in [-0.1, -0.05) is 26.0 Å². The molecule has 0 fully saturated rings. The smallest absolute Gasteiger partial charge is 0.256 e. The van der Waals surface area contributed by atoms with Crippen molar-refractivity contribution < 1.29 is 14.2 Å². The number of ether oxygens (including phenoxy) is 1. The lowest BCUT2D eigenvalue weighted by Gasteiger charge is -2.10. The molecular weight excluding hydrogens is 245 g/mol. The van der Waals surface area contributed by atoms with E-state index in [1.165, 1.54) is 12.3 Å². The van der Waals surface area contributed by atoms with Gasteiger partial charge >= 0.3 is 0 Å². The van der Waals surface area contributed by atoms with Gasteiger partial charge in [0.1, 0.15) is 5.75 Å². The van der Waals surface area contributed by atoms with Crippen molar-refractivity contribution in [2.45, 2.75) is 26.4 Å². The molecule has 1 heterocycles. The number of nitrogens with zero attached hydrogens (tertiary/aromatic N) is 1. The van der Waals surface area contributed by atoms with E-state index in [0.717, 1.165) is 5.56 Å². The number of benzene rings is 1. The number of aliphatic hydroxyl groups excluding tert-OH is 1. The SMILES string of the molecule is CC(C)c1cccc(Oc2nccc(CO)c2F)c1. The van der Waals surface area contributed by atoms with Crippen LogP contribution in [0.15, 0.2) is 36.5 Å². The minimum atomic E-state index is -0.625. The maximum Gasteiger partial charge on any atom is 0.256 e. The molecule has 0 aliphatic carbocycles. The van der Waals surface area contributed by atoms with Crippen molar-refractivity contribution in [3.05, 3.63) is 53.5 Å². The van der Waals surface area contributed by atoms with Crippen LogP contribution in [0.4, 0.5) is 4.39 Å². The molecule has 0 amide bonds. The average Bonchev–Trinajstić information content (AvgIpc) is 2.41. The molecule has 1 N–H and O–H groups in total. The number of halogens is 1. The molecule has 0 spiro atoms. The van der Waals surface area contributed by atoms with Crippen LogP contribution < -0.4 is 4.74 Å². The largest absolute Gasteiger partial charge is 0.436 e. The Hall–Kier alpha value is -1.94. The highest BCUT2D eigenvalue weighted by Gasteiger charge is 2.11. The number of aliphatic hydroxyl groups is 1. The second-order valence-electron chi connectivity index (χ2n) is 4.58. The van der Waals surface area contributed by atoms with Crippen LogP contribution in [-0.4, -0.2) is 10.1 Å². The maximum absolute atomic E-state index is 13.9. The number of hydrogen-bond acceptors (Lipinski definition) is 3. The molecular formula is C15H16FNO2. The van der Waals surface area contributed by atoms with Crippen molar-refractivity contribution in [3.63, 3.8) is 0 Å². The number of pyridine rings is 1. The van der Waals surface area contributed by atoms with Crippen LogP contribution in [0.3, 0.4) is 0 Å². The Labute approximate surface area is 111 Å². The molecule has 100 valence electrons.